The van der Waals surface area contributed by atoms with E-state index >= 15 is 0 Å². The molecule has 1 N–H and O–H groups in total. The van der Waals surface area contributed by atoms with E-state index in [4.69, 9.17) is 16.6 Å². The van der Waals surface area contributed by atoms with Crippen LogP contribution in [0.25, 0.3) is 16.2 Å². The number of halogens is 1. The highest BCUT2D eigenvalue weighted by Crippen LogP contribution is 2.25. The van der Waals surface area contributed by atoms with E-state index in [0.29, 0.717) is 0 Å². The van der Waals surface area contributed by atoms with Crippen molar-refractivity contribution in [3.63, 3.8) is 0 Å². The Hall–Kier alpha value is -1.79. The maximum absolute atomic E-state index is 6.01. The van der Waals surface area contributed by atoms with E-state index in [1.165, 1.54) is 10.4 Å². The Balaban J connectivity index is 1.46. The van der Waals surface area contributed by atoms with Gasteiger partial charge in [-0.2, -0.15) is 0 Å². The van der Waals surface area contributed by atoms with Crippen LogP contribution < -0.4 is 4.72 Å². The van der Waals surface area contributed by atoms with Crippen molar-refractivity contribution in [1.82, 2.24) is 14.1 Å². The van der Waals surface area contributed by atoms with Crippen molar-refractivity contribution in [2.75, 3.05) is 0 Å². The van der Waals surface area contributed by atoms with Crippen LogP contribution in [0.3, 0.4) is 0 Å². The quantitative estimate of drug-likeness (QED) is 0.439. The predicted molar refractivity (Wildman–Crippen MR) is 107 cm³/mol. The van der Waals surface area contributed by atoms with Gasteiger partial charge in [-0.15, -0.1) is 11.3 Å². The lowest BCUT2D eigenvalue weighted by Crippen LogP contribution is -2.02. The first kappa shape index (κ1) is 16.7. The molecule has 6 heteroatoms. The van der Waals surface area contributed by atoms with Gasteiger partial charge >= 0.3 is 0 Å². The van der Waals surface area contributed by atoms with Crippen LogP contribution in [-0.4, -0.2) is 9.38 Å². The van der Waals surface area contributed by atoms with Crippen LogP contribution in [0.15, 0.2) is 65.8 Å². The molecule has 2 heterocycles. The van der Waals surface area contributed by atoms with Gasteiger partial charge in [-0.25, -0.2) is 4.98 Å². The van der Waals surface area contributed by atoms with E-state index in [9.17, 15) is 0 Å². The van der Waals surface area contributed by atoms with Crippen molar-refractivity contribution < 1.29 is 0 Å². The maximum atomic E-state index is 6.01. The molecule has 4 rings (SSSR count). The first-order chi connectivity index (χ1) is 12.2. The summed E-state index contributed by atoms with van der Waals surface area (Å²) in [6.45, 7) is 2.87. The fourth-order valence-corrected chi connectivity index (χ4v) is 4.43. The number of hydrogen-bond donors (Lipinski definition) is 1. The van der Waals surface area contributed by atoms with E-state index < -0.39 is 0 Å². The SMILES string of the molecule is Cc1cn2cc(-c3cccc(CNSc4cccc(Cl)c4)c3)nc2s1. The minimum Gasteiger partial charge on any atom is -0.297 e. The van der Waals surface area contributed by atoms with E-state index in [1.54, 1.807) is 23.3 Å². The fraction of sp³-hybridized carbons (Fsp3) is 0.105. The molecule has 0 aliphatic carbocycles. The van der Waals surface area contributed by atoms with Gasteiger partial charge in [-0.3, -0.25) is 9.12 Å². The number of thiazole rings is 1. The minimum atomic E-state index is 0.754. The molecule has 0 aliphatic rings. The van der Waals surface area contributed by atoms with Crippen LogP contribution in [0.4, 0.5) is 0 Å². The molecule has 0 amide bonds. The second-order valence-corrected chi connectivity index (χ2v) is 8.35. The zero-order valence-corrected chi connectivity index (χ0v) is 16.0. The molecule has 0 saturated heterocycles. The Labute approximate surface area is 159 Å². The molecule has 0 fully saturated rings. The Morgan fingerprint density at radius 1 is 1.16 bits per heavy atom. The molecule has 0 atom stereocenters. The molecular formula is C19H16ClN3S2. The van der Waals surface area contributed by atoms with E-state index in [0.717, 1.165) is 32.7 Å². The number of benzene rings is 2. The summed E-state index contributed by atoms with van der Waals surface area (Å²) < 4.78 is 5.48. The summed E-state index contributed by atoms with van der Waals surface area (Å²) >= 11 is 9.31. The number of rotatable bonds is 5. The summed E-state index contributed by atoms with van der Waals surface area (Å²) in [5.41, 5.74) is 3.37. The number of fused-ring (bicyclic) bond motifs is 1. The predicted octanol–water partition coefficient (Wildman–Crippen LogP) is 5.82. The van der Waals surface area contributed by atoms with Crippen LogP contribution in [0.2, 0.25) is 5.02 Å². The van der Waals surface area contributed by atoms with Gasteiger partial charge < -0.3 is 0 Å². The average Bonchev–Trinajstić information content (AvgIpc) is 3.13. The molecule has 0 bridgehead atoms. The first-order valence-electron chi connectivity index (χ1n) is 7.87. The second kappa shape index (κ2) is 7.22. The molecule has 4 aromatic rings. The number of nitrogens with zero attached hydrogens (tertiary/aromatic N) is 2. The topological polar surface area (TPSA) is 29.3 Å². The minimum absolute atomic E-state index is 0.754. The van der Waals surface area contributed by atoms with Crippen molar-refractivity contribution >= 4 is 39.8 Å². The Morgan fingerprint density at radius 3 is 2.88 bits per heavy atom. The van der Waals surface area contributed by atoms with Gasteiger partial charge in [0.15, 0.2) is 4.96 Å². The summed E-state index contributed by atoms with van der Waals surface area (Å²) in [6, 6.07) is 16.3. The normalized spacial score (nSPS) is 11.3. The van der Waals surface area contributed by atoms with Gasteiger partial charge in [0.05, 0.1) is 5.69 Å². The third-order valence-corrected chi connectivity index (χ3v) is 5.68. The lowest BCUT2D eigenvalue weighted by Gasteiger charge is -2.06. The van der Waals surface area contributed by atoms with Gasteiger partial charge in [-0.05, 0) is 48.7 Å². The standard InChI is InChI=1S/C19H16ClN3S2/c1-13-11-23-12-18(22-19(23)24-13)15-5-2-4-14(8-15)10-21-25-17-7-3-6-16(20)9-17/h2-9,11-12,21H,10H2,1H3. The molecule has 0 aliphatic heterocycles. The van der Waals surface area contributed by atoms with Gasteiger partial charge in [0.2, 0.25) is 0 Å². The zero-order chi connectivity index (χ0) is 17.2. The Bertz CT molecular complexity index is 991. The third kappa shape index (κ3) is 3.90. The summed E-state index contributed by atoms with van der Waals surface area (Å²) in [5, 5.41) is 0.754. The van der Waals surface area contributed by atoms with Crippen molar-refractivity contribution in [3.05, 3.63) is 76.4 Å². The Morgan fingerprint density at radius 2 is 2.04 bits per heavy atom. The van der Waals surface area contributed by atoms with Crippen LogP contribution in [0.1, 0.15) is 10.4 Å². The summed E-state index contributed by atoms with van der Waals surface area (Å²) in [4.78, 5) is 8.13. The first-order valence-corrected chi connectivity index (χ1v) is 9.88. The van der Waals surface area contributed by atoms with Crippen LogP contribution in [-0.2, 0) is 6.54 Å². The van der Waals surface area contributed by atoms with Crippen molar-refractivity contribution in [1.29, 1.82) is 0 Å². The molecule has 3 nitrogen and oxygen atoms in total. The molecule has 2 aromatic heterocycles. The highest BCUT2D eigenvalue weighted by Gasteiger charge is 2.07. The monoisotopic (exact) mass is 385 g/mol. The maximum Gasteiger partial charge on any atom is 0.194 e. The van der Waals surface area contributed by atoms with Crippen LogP contribution in [0.5, 0.6) is 0 Å². The number of aromatic nitrogens is 2. The average molecular weight is 386 g/mol. The molecule has 0 unspecified atom stereocenters. The summed E-state index contributed by atoms with van der Waals surface area (Å²) in [5.74, 6) is 0. The Kier molecular flexibility index (Phi) is 4.81. The van der Waals surface area contributed by atoms with Crippen LogP contribution >= 0.6 is 34.9 Å². The van der Waals surface area contributed by atoms with Crippen molar-refractivity contribution in [2.45, 2.75) is 18.4 Å². The number of aryl methyl sites for hydroxylation is 1. The van der Waals surface area contributed by atoms with Gasteiger partial charge in [0, 0.05) is 39.3 Å². The summed E-state index contributed by atoms with van der Waals surface area (Å²) in [7, 11) is 0. The summed E-state index contributed by atoms with van der Waals surface area (Å²) in [6.07, 6.45) is 4.20. The fourth-order valence-electron chi connectivity index (χ4n) is 2.62. The van der Waals surface area contributed by atoms with E-state index in [1.807, 2.05) is 24.3 Å². The molecule has 0 radical (unpaired) electrons. The van der Waals surface area contributed by atoms with E-state index in [2.05, 4.69) is 52.7 Å². The lowest BCUT2D eigenvalue weighted by molar-refractivity contribution is 0.975. The van der Waals surface area contributed by atoms with Crippen molar-refractivity contribution in [3.8, 4) is 11.3 Å². The highest BCUT2D eigenvalue weighted by atomic mass is 35.5. The molecule has 0 spiro atoms. The molecule has 0 saturated carbocycles. The highest BCUT2D eigenvalue weighted by molar-refractivity contribution is 7.97. The number of nitrogens with one attached hydrogen (secondary N) is 1. The van der Waals surface area contributed by atoms with Gasteiger partial charge in [0.1, 0.15) is 0 Å². The molecule has 126 valence electrons. The third-order valence-electron chi connectivity index (χ3n) is 3.76. The second-order valence-electron chi connectivity index (χ2n) is 5.74. The molecule has 25 heavy (non-hydrogen) atoms. The van der Waals surface area contributed by atoms with Gasteiger partial charge in [0.25, 0.3) is 0 Å². The molecular weight excluding hydrogens is 370 g/mol. The zero-order valence-electron chi connectivity index (χ0n) is 13.6. The smallest absolute Gasteiger partial charge is 0.194 e. The lowest BCUT2D eigenvalue weighted by atomic mass is 10.1. The number of imidazole rings is 1. The number of hydrogen-bond acceptors (Lipinski definition) is 4. The van der Waals surface area contributed by atoms with Crippen LogP contribution in [0, 0.1) is 6.92 Å². The van der Waals surface area contributed by atoms with Gasteiger partial charge in [-0.1, -0.05) is 35.9 Å². The van der Waals surface area contributed by atoms with Crippen molar-refractivity contribution in [2.24, 2.45) is 0 Å². The van der Waals surface area contributed by atoms with E-state index in [-0.39, 0.29) is 0 Å². The largest absolute Gasteiger partial charge is 0.297 e. The molecule has 2 aromatic carbocycles.